The van der Waals surface area contributed by atoms with Gasteiger partial charge in [-0.25, -0.2) is 0 Å². The van der Waals surface area contributed by atoms with E-state index in [0.717, 1.165) is 43.4 Å². The van der Waals surface area contributed by atoms with E-state index < -0.39 is 0 Å². The molecule has 0 amide bonds. The van der Waals surface area contributed by atoms with Crippen molar-refractivity contribution >= 4 is 36.6 Å². The fraction of sp³-hybridized carbons (Fsp3) is 0.0769. The van der Waals surface area contributed by atoms with Crippen LogP contribution in [0.1, 0.15) is 11.1 Å². The quantitative estimate of drug-likeness (QED) is 0.198. The van der Waals surface area contributed by atoms with Crippen LogP contribution in [0.2, 0.25) is 0 Å². The molecule has 2 nitrogen and oxygen atoms in total. The van der Waals surface area contributed by atoms with Gasteiger partial charge in [-0.15, -0.1) is 24.5 Å². The first kappa shape index (κ1) is 23.2. The minimum atomic E-state index is 0. The molecule has 4 aromatic rings. The van der Waals surface area contributed by atoms with Crippen molar-refractivity contribution in [2.45, 2.75) is 22.9 Å². The minimum absolute atomic E-state index is 0. The zero-order valence-electron chi connectivity index (χ0n) is 17.1. The van der Waals surface area contributed by atoms with Gasteiger partial charge in [0.15, 0.2) is 0 Å². The van der Waals surface area contributed by atoms with Gasteiger partial charge in [-0.1, -0.05) is 108 Å². The molecule has 0 spiro atoms. The first-order chi connectivity index (χ1) is 14.7. The Hall–Kier alpha value is -2.46. The summed E-state index contributed by atoms with van der Waals surface area (Å²) in [6.07, 6.45) is 0. The molecule has 4 aromatic carbocycles. The van der Waals surface area contributed by atoms with Crippen LogP contribution >= 0.6 is 0 Å². The van der Waals surface area contributed by atoms with E-state index in [1.807, 2.05) is 84.9 Å². The molecule has 0 bridgehead atoms. The average molecular weight is 490 g/mol. The predicted molar refractivity (Wildman–Crippen MR) is 129 cm³/mol. The molecule has 0 aromatic heterocycles. The molecular weight excluding hydrogens is 470 g/mol. The summed E-state index contributed by atoms with van der Waals surface area (Å²) in [4.78, 5) is 1.69. The summed E-state index contributed by atoms with van der Waals surface area (Å²) in [5, 5.41) is 9.72. The van der Waals surface area contributed by atoms with Gasteiger partial charge in [0.25, 0.3) is 0 Å². The van der Waals surface area contributed by atoms with E-state index in [0.29, 0.717) is 13.1 Å². The Kier molecular flexibility index (Phi) is 8.42. The second-order valence-electron chi connectivity index (χ2n) is 6.88. The van der Waals surface area contributed by atoms with Crippen LogP contribution in [0.25, 0.3) is 21.8 Å². The normalized spacial score (nSPS) is 10.2. The summed E-state index contributed by atoms with van der Waals surface area (Å²) in [6, 6.07) is 32.2. The van der Waals surface area contributed by atoms with Crippen LogP contribution in [-0.4, -0.2) is 0 Å². The van der Waals surface area contributed by atoms with E-state index in [-0.39, 0.29) is 19.5 Å². The topological polar surface area (TPSA) is 28.2 Å². The van der Waals surface area contributed by atoms with Gasteiger partial charge >= 0.3 is 0 Å². The Balaban J connectivity index is 0.00000272. The average Bonchev–Trinajstić information content (AvgIpc) is 2.78. The molecule has 0 fully saturated rings. The zero-order valence-corrected chi connectivity index (χ0v) is 21.7. The second-order valence-corrected chi connectivity index (χ2v) is 7.76. The molecule has 0 heterocycles. The van der Waals surface area contributed by atoms with Crippen molar-refractivity contribution in [3.63, 3.8) is 0 Å². The predicted octanol–water partition coefficient (Wildman–Crippen LogP) is 7.57. The van der Waals surface area contributed by atoms with Crippen molar-refractivity contribution in [2.24, 2.45) is 0 Å². The van der Waals surface area contributed by atoms with Gasteiger partial charge in [-0.3, -0.25) is 0 Å². The standard InChI is InChI=1S/C26H22N2S2.Zn/c29-25-15-7-1-9-19(25)17-27-23-13-5-3-11-21(23)22-12-4-6-14-24(22)28-18-20-10-2-8-16-26(20)30;/h1-16,29-30H,17-18H2;/q-2;/p-2. The fourth-order valence-corrected chi connectivity index (χ4v) is 3.71. The molecule has 0 aliphatic carbocycles. The number of rotatable bonds is 7. The molecule has 0 saturated carbocycles. The number of hydrogen-bond donors (Lipinski definition) is 0. The largest absolute Gasteiger partial charge is 0.779 e. The molecule has 5 heteroatoms. The molecule has 4 rings (SSSR count). The molecule has 0 unspecified atom stereocenters. The Morgan fingerprint density at radius 2 is 0.839 bits per heavy atom. The molecule has 31 heavy (non-hydrogen) atoms. The van der Waals surface area contributed by atoms with E-state index in [2.05, 4.69) is 12.1 Å². The summed E-state index contributed by atoms with van der Waals surface area (Å²) < 4.78 is 0. The van der Waals surface area contributed by atoms with Gasteiger partial charge in [0.2, 0.25) is 0 Å². The molecule has 152 valence electrons. The molecule has 0 radical (unpaired) electrons. The van der Waals surface area contributed by atoms with Crippen LogP contribution in [0.5, 0.6) is 0 Å². The molecule has 0 aliphatic rings. The van der Waals surface area contributed by atoms with Crippen LogP contribution in [-0.2, 0) is 57.8 Å². The van der Waals surface area contributed by atoms with Crippen molar-refractivity contribution in [2.75, 3.05) is 0 Å². The Labute approximate surface area is 208 Å². The summed E-state index contributed by atoms with van der Waals surface area (Å²) in [5.41, 5.74) is 6.10. The third-order valence-electron chi connectivity index (χ3n) is 4.88. The van der Waals surface area contributed by atoms with Crippen molar-refractivity contribution in [3.8, 4) is 11.1 Å². The first-order valence-corrected chi connectivity index (χ1v) is 10.6. The number of nitrogens with zero attached hydrogens (tertiary/aromatic N) is 2. The Bertz CT molecular complexity index is 1060. The van der Waals surface area contributed by atoms with Crippen LogP contribution in [0.4, 0.5) is 11.4 Å². The maximum absolute atomic E-state index is 5.42. The van der Waals surface area contributed by atoms with Crippen molar-refractivity contribution in [1.29, 1.82) is 0 Å². The Morgan fingerprint density at radius 3 is 1.26 bits per heavy atom. The summed E-state index contributed by atoms with van der Waals surface area (Å²) in [6.45, 7) is 1.11. The molecule has 0 aliphatic heterocycles. The third kappa shape index (κ3) is 5.83. The monoisotopic (exact) mass is 488 g/mol. The van der Waals surface area contributed by atoms with Gasteiger partial charge < -0.3 is 35.9 Å². The number of benzene rings is 4. The SMILES string of the molecule is [S-]c1ccccc1C[N-]c1ccccc1-c1ccccc1[N-]Cc1ccccc1[S-].[Zn]. The van der Waals surface area contributed by atoms with E-state index >= 15 is 0 Å². The maximum Gasteiger partial charge on any atom is 0 e. The van der Waals surface area contributed by atoms with Gasteiger partial charge in [0.1, 0.15) is 0 Å². The third-order valence-corrected chi connectivity index (χ3v) is 5.68. The maximum atomic E-state index is 5.42. The van der Waals surface area contributed by atoms with Gasteiger partial charge in [-0.2, -0.15) is 9.79 Å². The smallest absolute Gasteiger partial charge is 0 e. The minimum Gasteiger partial charge on any atom is -0.779 e. The van der Waals surface area contributed by atoms with Gasteiger partial charge in [-0.05, 0) is 11.1 Å². The van der Waals surface area contributed by atoms with Crippen LogP contribution in [0.3, 0.4) is 0 Å². The first-order valence-electron chi connectivity index (χ1n) is 9.75. The van der Waals surface area contributed by atoms with Crippen molar-refractivity contribution in [1.82, 2.24) is 0 Å². The van der Waals surface area contributed by atoms with E-state index in [1.165, 1.54) is 0 Å². The van der Waals surface area contributed by atoms with Crippen LogP contribution < -0.4 is 0 Å². The van der Waals surface area contributed by atoms with E-state index in [4.69, 9.17) is 35.9 Å². The zero-order chi connectivity index (χ0) is 20.8. The molecule has 0 N–H and O–H groups in total. The van der Waals surface area contributed by atoms with E-state index in [1.54, 1.807) is 0 Å². The van der Waals surface area contributed by atoms with Crippen molar-refractivity contribution in [3.05, 3.63) is 119 Å². The summed E-state index contributed by atoms with van der Waals surface area (Å²) in [5.74, 6) is 0. The summed E-state index contributed by atoms with van der Waals surface area (Å²) in [7, 11) is 0. The van der Waals surface area contributed by atoms with Crippen molar-refractivity contribution < 1.29 is 19.5 Å². The van der Waals surface area contributed by atoms with Crippen LogP contribution in [0.15, 0.2) is 107 Å². The molecular formula is C26H20N2S2Zn-4. The Morgan fingerprint density at radius 1 is 0.484 bits per heavy atom. The number of hydrogen-bond acceptors (Lipinski definition) is 2. The molecule has 0 saturated heterocycles. The van der Waals surface area contributed by atoms with E-state index in [9.17, 15) is 0 Å². The summed E-state index contributed by atoms with van der Waals surface area (Å²) >= 11 is 10.8. The second kappa shape index (κ2) is 11.2. The fourth-order valence-electron chi connectivity index (χ4n) is 3.29. The van der Waals surface area contributed by atoms with Gasteiger partial charge in [0.05, 0.1) is 0 Å². The van der Waals surface area contributed by atoms with Crippen LogP contribution in [0, 0.1) is 0 Å². The molecule has 0 atom stereocenters. The van der Waals surface area contributed by atoms with Gasteiger partial charge in [0, 0.05) is 19.5 Å². The number of para-hydroxylation sites is 2.